The maximum Gasteiger partial charge on any atom is 0.115 e. The Morgan fingerprint density at radius 2 is 1.62 bits per heavy atom. The molecule has 1 heterocycles. The molecular weight excluding hydrogens is 121 g/mol. The summed E-state index contributed by atoms with van der Waals surface area (Å²) >= 11 is 0. The molecule has 0 spiro atoms. The van der Waals surface area contributed by atoms with Crippen LogP contribution in [0.15, 0.2) is 24.8 Å². The summed E-state index contributed by atoms with van der Waals surface area (Å²) in [6.45, 7) is 0. The van der Waals surface area contributed by atoms with Gasteiger partial charge in [0.05, 0.1) is 0 Å². The first-order valence-electron chi connectivity index (χ1n) is 2.03. The molecule has 0 bridgehead atoms. The fourth-order valence-electron chi connectivity index (χ4n) is 0.253. The van der Waals surface area contributed by atoms with Crippen molar-refractivity contribution in [3.05, 3.63) is 24.8 Å². The molecule has 44 valence electrons. The number of aromatic nitrogens is 2. The van der Waals surface area contributed by atoms with Gasteiger partial charge in [-0.25, -0.2) is 9.97 Å². The van der Waals surface area contributed by atoms with Crippen LogP contribution in [0.25, 0.3) is 0 Å². The normalized spacial score (nSPS) is 6.75. The Morgan fingerprint density at radius 1 is 1.12 bits per heavy atom. The van der Waals surface area contributed by atoms with Crippen LogP contribution < -0.4 is 5.50 Å². The van der Waals surface area contributed by atoms with Gasteiger partial charge >= 0.3 is 0 Å². The average molecular weight is 129 g/mol. The van der Waals surface area contributed by atoms with Crippen LogP contribution in [0.3, 0.4) is 0 Å². The SMILES string of the molecule is NP.c1cncnc1. The summed E-state index contributed by atoms with van der Waals surface area (Å²) in [4.78, 5) is 7.35. The molecule has 1 unspecified atom stereocenters. The number of nitrogens with two attached hydrogens (primary N) is 1. The monoisotopic (exact) mass is 129 g/mol. The number of hydrogen-bond donors (Lipinski definition) is 1. The summed E-state index contributed by atoms with van der Waals surface area (Å²) < 4.78 is 0. The van der Waals surface area contributed by atoms with E-state index in [0.717, 1.165) is 0 Å². The number of nitrogens with zero attached hydrogens (tertiary/aromatic N) is 2. The van der Waals surface area contributed by atoms with E-state index in [9.17, 15) is 0 Å². The van der Waals surface area contributed by atoms with Gasteiger partial charge in [-0.2, -0.15) is 0 Å². The van der Waals surface area contributed by atoms with E-state index < -0.39 is 0 Å². The van der Waals surface area contributed by atoms with Crippen molar-refractivity contribution in [2.75, 3.05) is 0 Å². The number of hydrogen-bond acceptors (Lipinski definition) is 3. The number of rotatable bonds is 0. The van der Waals surface area contributed by atoms with Gasteiger partial charge in [0, 0.05) is 12.4 Å². The molecule has 1 aromatic rings. The maximum absolute atomic E-state index is 4.42. The van der Waals surface area contributed by atoms with E-state index in [2.05, 4.69) is 15.5 Å². The predicted molar refractivity (Wildman–Crippen MR) is 35.9 cm³/mol. The van der Waals surface area contributed by atoms with Crippen molar-refractivity contribution in [3.8, 4) is 0 Å². The van der Waals surface area contributed by atoms with E-state index in [1.807, 2.05) is 9.39 Å². The van der Waals surface area contributed by atoms with Crippen molar-refractivity contribution >= 4 is 9.39 Å². The molecule has 0 radical (unpaired) electrons. The van der Waals surface area contributed by atoms with Crippen LogP contribution in [-0.4, -0.2) is 9.97 Å². The lowest BCUT2D eigenvalue weighted by atomic mass is 10.7. The van der Waals surface area contributed by atoms with Crippen LogP contribution in [-0.2, 0) is 0 Å². The van der Waals surface area contributed by atoms with Crippen molar-refractivity contribution in [1.82, 2.24) is 9.97 Å². The highest BCUT2D eigenvalue weighted by molar-refractivity contribution is 7.13. The van der Waals surface area contributed by atoms with Gasteiger partial charge in [0.2, 0.25) is 0 Å². The molecule has 0 aromatic carbocycles. The van der Waals surface area contributed by atoms with E-state index in [4.69, 9.17) is 0 Å². The van der Waals surface area contributed by atoms with Gasteiger partial charge in [-0.05, 0) is 6.07 Å². The molecule has 0 aliphatic rings. The van der Waals surface area contributed by atoms with Crippen LogP contribution in [0.2, 0.25) is 0 Å². The van der Waals surface area contributed by atoms with E-state index in [0.29, 0.717) is 0 Å². The van der Waals surface area contributed by atoms with Gasteiger partial charge in [0.15, 0.2) is 0 Å². The van der Waals surface area contributed by atoms with Crippen LogP contribution in [0, 0.1) is 0 Å². The second kappa shape index (κ2) is 6.47. The Balaban J connectivity index is 0.000000222. The Labute approximate surface area is 50.6 Å². The second-order valence-corrected chi connectivity index (χ2v) is 0.904. The Bertz CT molecular complexity index is 83.2. The molecule has 0 saturated carbocycles. The summed E-state index contributed by atoms with van der Waals surface area (Å²) in [5.74, 6) is 0. The second-order valence-electron chi connectivity index (χ2n) is 0.904. The summed E-state index contributed by atoms with van der Waals surface area (Å²) in [5.41, 5.74) is 4.42. The zero-order chi connectivity index (χ0) is 6.24. The molecule has 8 heavy (non-hydrogen) atoms. The van der Waals surface area contributed by atoms with E-state index in [1.165, 1.54) is 6.33 Å². The molecule has 0 amide bonds. The third kappa shape index (κ3) is 3.65. The molecule has 3 nitrogen and oxygen atoms in total. The maximum atomic E-state index is 4.42. The van der Waals surface area contributed by atoms with Crippen LogP contribution in [0.4, 0.5) is 0 Å². The molecule has 0 saturated heterocycles. The first-order valence-corrected chi connectivity index (χ1v) is 2.70. The van der Waals surface area contributed by atoms with Crippen molar-refractivity contribution in [2.24, 2.45) is 5.50 Å². The molecule has 4 heteroatoms. The zero-order valence-electron chi connectivity index (χ0n) is 4.36. The Morgan fingerprint density at radius 3 is 1.75 bits per heavy atom. The van der Waals surface area contributed by atoms with E-state index in [1.54, 1.807) is 18.5 Å². The smallest absolute Gasteiger partial charge is 0.115 e. The quantitative estimate of drug-likeness (QED) is 0.509. The first-order chi connectivity index (χ1) is 4.00. The van der Waals surface area contributed by atoms with Crippen molar-refractivity contribution in [2.45, 2.75) is 0 Å². The molecule has 2 N–H and O–H groups in total. The molecule has 1 atom stereocenters. The van der Waals surface area contributed by atoms with Gasteiger partial charge in [-0.1, -0.05) is 9.39 Å². The minimum Gasteiger partial charge on any atom is -0.314 e. The molecule has 0 fully saturated rings. The summed E-state index contributed by atoms with van der Waals surface area (Å²) in [6.07, 6.45) is 4.88. The van der Waals surface area contributed by atoms with Gasteiger partial charge in [0.1, 0.15) is 6.33 Å². The van der Waals surface area contributed by atoms with Crippen molar-refractivity contribution in [3.63, 3.8) is 0 Å². The lowest BCUT2D eigenvalue weighted by Crippen LogP contribution is -1.66. The Hall–Kier alpha value is -0.530. The highest BCUT2D eigenvalue weighted by atomic mass is 31.0. The lowest BCUT2D eigenvalue weighted by molar-refractivity contribution is 1.17. The highest BCUT2D eigenvalue weighted by Gasteiger charge is 1.59. The van der Waals surface area contributed by atoms with Crippen molar-refractivity contribution in [1.29, 1.82) is 0 Å². The van der Waals surface area contributed by atoms with Crippen LogP contribution in [0.5, 0.6) is 0 Å². The summed E-state index contributed by atoms with van der Waals surface area (Å²) in [6, 6.07) is 1.78. The molecule has 0 aliphatic heterocycles. The Kier molecular flexibility index (Phi) is 6.04. The largest absolute Gasteiger partial charge is 0.314 e. The summed E-state index contributed by atoms with van der Waals surface area (Å²) in [5, 5.41) is 0. The lowest BCUT2D eigenvalue weighted by Gasteiger charge is -1.70. The molecule has 1 rings (SSSR count). The van der Waals surface area contributed by atoms with Crippen molar-refractivity contribution < 1.29 is 0 Å². The first kappa shape index (κ1) is 7.47. The van der Waals surface area contributed by atoms with E-state index in [-0.39, 0.29) is 0 Å². The minimum atomic E-state index is 1.50. The third-order valence-electron chi connectivity index (χ3n) is 0.478. The average Bonchev–Trinajstić information content (AvgIpc) is 1.96. The van der Waals surface area contributed by atoms with Crippen LogP contribution >= 0.6 is 9.39 Å². The molecular formula is C4H8N3P. The van der Waals surface area contributed by atoms with Gasteiger partial charge in [0.25, 0.3) is 0 Å². The van der Waals surface area contributed by atoms with Gasteiger partial charge < -0.3 is 5.50 Å². The third-order valence-corrected chi connectivity index (χ3v) is 0.478. The molecule has 0 aliphatic carbocycles. The zero-order valence-corrected chi connectivity index (χ0v) is 5.51. The standard InChI is InChI=1S/C4H4N2.H4NP/c1-2-5-4-6-3-1;1-2/h1-4H;1-2H2. The van der Waals surface area contributed by atoms with E-state index >= 15 is 0 Å². The predicted octanol–water partition coefficient (Wildman–Crippen LogP) is 0.212. The molecule has 1 aromatic heterocycles. The fraction of sp³-hybridized carbons (Fsp3) is 0. The minimum absolute atomic E-state index is 1.50. The highest BCUT2D eigenvalue weighted by Crippen LogP contribution is 1.66. The summed E-state index contributed by atoms with van der Waals surface area (Å²) in [7, 11) is 1.92. The van der Waals surface area contributed by atoms with Gasteiger partial charge in [-0.3, -0.25) is 0 Å². The fourth-order valence-corrected chi connectivity index (χ4v) is 0.253. The topological polar surface area (TPSA) is 51.8 Å². The van der Waals surface area contributed by atoms with Gasteiger partial charge in [-0.15, -0.1) is 0 Å². The van der Waals surface area contributed by atoms with Crippen LogP contribution in [0.1, 0.15) is 0 Å².